The summed E-state index contributed by atoms with van der Waals surface area (Å²) in [5.74, 6) is -0.365. The third-order valence-corrected chi connectivity index (χ3v) is 8.15. The number of benzene rings is 2. The maximum absolute atomic E-state index is 13.4. The van der Waals surface area contributed by atoms with Gasteiger partial charge in [-0.05, 0) is 55.9 Å². The minimum absolute atomic E-state index is 0.0189. The van der Waals surface area contributed by atoms with Crippen molar-refractivity contribution < 1.29 is 31.9 Å². The largest absolute Gasteiger partial charge is 0.486 e. The van der Waals surface area contributed by atoms with Crippen LogP contribution in [0.15, 0.2) is 51.8 Å². The summed E-state index contributed by atoms with van der Waals surface area (Å²) >= 11 is 12.1. The Balaban J connectivity index is 1.57. The van der Waals surface area contributed by atoms with E-state index >= 15 is 0 Å². The van der Waals surface area contributed by atoms with Crippen LogP contribution in [0.4, 0.5) is 0 Å². The smallest absolute Gasteiger partial charge is 0.342 e. The molecule has 3 aromatic rings. The summed E-state index contributed by atoms with van der Waals surface area (Å²) in [5, 5.41) is 0.0753. The van der Waals surface area contributed by atoms with Gasteiger partial charge in [0.05, 0.1) is 27.7 Å². The average Bonchev–Trinajstić information content (AvgIpc) is 3.35. The van der Waals surface area contributed by atoms with Crippen LogP contribution in [-0.4, -0.2) is 50.3 Å². The SMILES string of the molecule is CC(C)c1cc(OCc2ccc(CN(C)C)o2)cc2c1C(=O)N(COC(=O)c1c(Cl)cccc1Cl)S2(=O)=O. The molecular weight excluding hydrogens is 555 g/mol. The Morgan fingerprint density at radius 1 is 1.08 bits per heavy atom. The summed E-state index contributed by atoms with van der Waals surface area (Å²) in [6.07, 6.45) is 0. The normalized spacial score (nSPS) is 14.3. The number of hydrogen-bond acceptors (Lipinski definition) is 8. The van der Waals surface area contributed by atoms with E-state index in [0.29, 0.717) is 22.2 Å². The van der Waals surface area contributed by atoms with Crippen molar-refractivity contribution in [1.29, 1.82) is 0 Å². The van der Waals surface area contributed by atoms with Gasteiger partial charge in [-0.1, -0.05) is 43.1 Å². The van der Waals surface area contributed by atoms with Gasteiger partial charge in [0.25, 0.3) is 15.9 Å². The lowest BCUT2D eigenvalue weighted by Gasteiger charge is -2.16. The van der Waals surface area contributed by atoms with Crippen LogP contribution >= 0.6 is 23.2 Å². The fraction of sp³-hybridized carbons (Fsp3) is 0.308. The second kappa shape index (κ2) is 11.0. The number of ether oxygens (including phenoxy) is 2. The third-order valence-electron chi connectivity index (χ3n) is 5.79. The van der Waals surface area contributed by atoms with Gasteiger partial charge in [0.2, 0.25) is 0 Å². The van der Waals surface area contributed by atoms with Crippen molar-refractivity contribution in [3.8, 4) is 5.75 Å². The highest BCUT2D eigenvalue weighted by molar-refractivity contribution is 7.90. The summed E-state index contributed by atoms with van der Waals surface area (Å²) in [5.41, 5.74) is 0.384. The molecule has 0 saturated heterocycles. The summed E-state index contributed by atoms with van der Waals surface area (Å²) in [6.45, 7) is 3.52. The number of nitrogens with zero attached hydrogens (tertiary/aromatic N) is 2. The van der Waals surface area contributed by atoms with Crippen LogP contribution in [-0.2, 0) is 27.9 Å². The standard InChI is InChI=1S/C26H26Cl2N2O7S/c1-15(2)19-10-18(35-13-17-9-8-16(37-17)12-29(3)4)11-22-23(19)25(31)30(38(22,33)34)14-36-26(32)24-20(27)6-5-7-21(24)28/h5-11,15H,12-14H2,1-4H3. The van der Waals surface area contributed by atoms with Gasteiger partial charge in [0.15, 0.2) is 6.73 Å². The number of furan rings is 1. The second-order valence-corrected chi connectivity index (χ2v) is 11.9. The highest BCUT2D eigenvalue weighted by Gasteiger charge is 2.44. The Morgan fingerprint density at radius 3 is 2.37 bits per heavy atom. The highest BCUT2D eigenvalue weighted by atomic mass is 35.5. The van der Waals surface area contributed by atoms with Gasteiger partial charge >= 0.3 is 5.97 Å². The van der Waals surface area contributed by atoms with Crippen LogP contribution < -0.4 is 4.74 Å². The Labute approximate surface area is 230 Å². The van der Waals surface area contributed by atoms with Crippen molar-refractivity contribution in [2.45, 2.75) is 37.8 Å². The van der Waals surface area contributed by atoms with E-state index in [1.165, 1.54) is 18.2 Å². The molecule has 0 radical (unpaired) electrons. The Kier molecular flexibility index (Phi) is 8.08. The number of halogens is 2. The molecule has 0 unspecified atom stereocenters. The molecule has 0 bridgehead atoms. The van der Waals surface area contributed by atoms with Crippen molar-refractivity contribution in [1.82, 2.24) is 9.21 Å². The van der Waals surface area contributed by atoms with Gasteiger partial charge in [0, 0.05) is 6.07 Å². The molecule has 1 aromatic heterocycles. The Bertz CT molecular complexity index is 1480. The Hall–Kier alpha value is -3.05. The molecule has 1 aliphatic heterocycles. The first kappa shape index (κ1) is 28.0. The van der Waals surface area contributed by atoms with Gasteiger partial charge in [-0.25, -0.2) is 13.2 Å². The molecule has 1 aliphatic rings. The number of hydrogen-bond donors (Lipinski definition) is 0. The van der Waals surface area contributed by atoms with E-state index in [2.05, 4.69) is 0 Å². The fourth-order valence-electron chi connectivity index (χ4n) is 4.00. The number of carbonyl (C=O) groups is 2. The molecule has 0 aliphatic carbocycles. The van der Waals surface area contributed by atoms with Crippen molar-refractivity contribution >= 4 is 45.1 Å². The van der Waals surface area contributed by atoms with Gasteiger partial charge < -0.3 is 18.8 Å². The zero-order chi connectivity index (χ0) is 27.8. The lowest BCUT2D eigenvalue weighted by molar-refractivity contribution is 0.0358. The van der Waals surface area contributed by atoms with Gasteiger partial charge in [0.1, 0.15) is 28.8 Å². The van der Waals surface area contributed by atoms with E-state index in [-0.39, 0.29) is 44.3 Å². The topological polar surface area (TPSA) is 106 Å². The third kappa shape index (κ3) is 5.54. The molecule has 202 valence electrons. The number of carbonyl (C=O) groups excluding carboxylic acids is 2. The molecule has 9 nitrogen and oxygen atoms in total. The highest BCUT2D eigenvalue weighted by Crippen LogP contribution is 2.39. The van der Waals surface area contributed by atoms with E-state index in [0.717, 1.165) is 5.76 Å². The summed E-state index contributed by atoms with van der Waals surface area (Å²) in [6, 6.07) is 11.0. The maximum Gasteiger partial charge on any atom is 0.342 e. The number of amides is 1. The van der Waals surface area contributed by atoms with Gasteiger partial charge in [-0.15, -0.1) is 0 Å². The maximum atomic E-state index is 13.4. The van der Waals surface area contributed by atoms with E-state index < -0.39 is 28.6 Å². The molecule has 0 N–H and O–H groups in total. The first-order chi connectivity index (χ1) is 17.9. The zero-order valence-electron chi connectivity index (χ0n) is 21.2. The number of rotatable bonds is 9. The van der Waals surface area contributed by atoms with Crippen LogP contribution in [0.25, 0.3) is 0 Å². The molecule has 0 spiro atoms. The predicted octanol–water partition coefficient (Wildman–Crippen LogP) is 5.31. The molecule has 38 heavy (non-hydrogen) atoms. The number of sulfonamides is 1. The molecule has 0 atom stereocenters. The molecule has 0 fully saturated rings. The van der Waals surface area contributed by atoms with Crippen molar-refractivity contribution in [2.24, 2.45) is 0 Å². The van der Waals surface area contributed by atoms with Crippen molar-refractivity contribution in [3.63, 3.8) is 0 Å². The van der Waals surface area contributed by atoms with E-state index in [1.807, 2.05) is 38.9 Å². The number of fused-ring (bicyclic) bond motifs is 1. The van der Waals surface area contributed by atoms with Crippen LogP contribution in [0.1, 0.15) is 57.6 Å². The Morgan fingerprint density at radius 2 is 1.74 bits per heavy atom. The average molecular weight is 581 g/mol. The van der Waals surface area contributed by atoms with Crippen LogP contribution in [0, 0.1) is 0 Å². The monoisotopic (exact) mass is 580 g/mol. The molecule has 1 amide bonds. The minimum atomic E-state index is -4.33. The molecule has 2 heterocycles. The zero-order valence-corrected chi connectivity index (χ0v) is 23.5. The summed E-state index contributed by atoms with van der Waals surface area (Å²) in [4.78, 5) is 27.6. The van der Waals surface area contributed by atoms with Crippen LogP contribution in [0.5, 0.6) is 5.75 Å². The van der Waals surface area contributed by atoms with E-state index in [4.69, 9.17) is 37.1 Å². The first-order valence-corrected chi connectivity index (χ1v) is 13.8. The molecule has 0 saturated carbocycles. The van der Waals surface area contributed by atoms with Crippen LogP contribution in [0.2, 0.25) is 10.0 Å². The predicted molar refractivity (Wildman–Crippen MR) is 141 cm³/mol. The van der Waals surface area contributed by atoms with Crippen molar-refractivity contribution in [2.75, 3.05) is 20.8 Å². The lowest BCUT2D eigenvalue weighted by atomic mass is 9.96. The minimum Gasteiger partial charge on any atom is -0.486 e. The molecule has 4 rings (SSSR count). The van der Waals surface area contributed by atoms with Gasteiger partial charge in [-0.3, -0.25) is 4.79 Å². The second-order valence-electron chi connectivity index (χ2n) is 9.25. The van der Waals surface area contributed by atoms with E-state index in [9.17, 15) is 18.0 Å². The van der Waals surface area contributed by atoms with Crippen LogP contribution in [0.3, 0.4) is 0 Å². The lowest BCUT2D eigenvalue weighted by Crippen LogP contribution is -2.33. The summed E-state index contributed by atoms with van der Waals surface area (Å²) < 4.78 is 44.0. The van der Waals surface area contributed by atoms with Crippen molar-refractivity contribution in [3.05, 3.63) is 80.7 Å². The first-order valence-electron chi connectivity index (χ1n) is 11.6. The summed E-state index contributed by atoms with van der Waals surface area (Å²) in [7, 11) is -0.482. The fourth-order valence-corrected chi connectivity index (χ4v) is 6.01. The van der Waals surface area contributed by atoms with E-state index in [1.54, 1.807) is 18.2 Å². The number of esters is 1. The molecule has 12 heteroatoms. The molecular formula is C26H26Cl2N2O7S. The molecule has 2 aromatic carbocycles. The van der Waals surface area contributed by atoms with Gasteiger partial charge in [-0.2, -0.15) is 4.31 Å². The quantitative estimate of drug-likeness (QED) is 0.313.